The Balaban J connectivity index is 1.49. The lowest BCUT2D eigenvalue weighted by Gasteiger charge is -2.18. The zero-order valence-electron chi connectivity index (χ0n) is 14.4. The van der Waals surface area contributed by atoms with E-state index in [1.165, 1.54) is 19.4 Å². The maximum absolute atomic E-state index is 11.9. The quantitative estimate of drug-likeness (QED) is 0.888. The first-order valence-corrected chi connectivity index (χ1v) is 8.77. The molecule has 0 radical (unpaired) electrons. The van der Waals surface area contributed by atoms with E-state index in [1.807, 2.05) is 10.7 Å². The first kappa shape index (κ1) is 16.4. The number of hydrogen-bond acceptors (Lipinski definition) is 6. The van der Waals surface area contributed by atoms with Gasteiger partial charge >= 0.3 is 0 Å². The smallest absolute Gasteiger partial charge is 0.227 e. The van der Waals surface area contributed by atoms with Gasteiger partial charge in [0.15, 0.2) is 0 Å². The Morgan fingerprint density at radius 2 is 2.24 bits per heavy atom. The van der Waals surface area contributed by atoms with Crippen LogP contribution in [0.25, 0.3) is 0 Å². The van der Waals surface area contributed by atoms with Gasteiger partial charge in [-0.05, 0) is 31.2 Å². The van der Waals surface area contributed by atoms with Gasteiger partial charge < -0.3 is 14.3 Å². The van der Waals surface area contributed by atoms with Crippen LogP contribution >= 0.6 is 0 Å². The van der Waals surface area contributed by atoms with Crippen molar-refractivity contribution in [2.24, 2.45) is 5.92 Å². The van der Waals surface area contributed by atoms with Gasteiger partial charge in [0.05, 0.1) is 25.0 Å². The normalized spacial score (nSPS) is 19.3. The van der Waals surface area contributed by atoms with Gasteiger partial charge in [-0.2, -0.15) is 5.10 Å². The van der Waals surface area contributed by atoms with Crippen LogP contribution in [0.4, 0.5) is 0 Å². The maximum atomic E-state index is 11.9. The minimum Gasteiger partial charge on any atom is -0.490 e. The largest absolute Gasteiger partial charge is 0.490 e. The van der Waals surface area contributed by atoms with Gasteiger partial charge in [-0.15, -0.1) is 0 Å². The number of fused-ring (bicyclic) bond motifs is 1. The van der Waals surface area contributed by atoms with Gasteiger partial charge in [0.2, 0.25) is 11.2 Å². The molecule has 7 heteroatoms. The van der Waals surface area contributed by atoms with Crippen LogP contribution in [0.2, 0.25) is 0 Å². The zero-order chi connectivity index (χ0) is 17.4. The van der Waals surface area contributed by atoms with Crippen molar-refractivity contribution >= 4 is 0 Å². The topological polar surface area (TPSA) is 80.7 Å². The van der Waals surface area contributed by atoms with Crippen LogP contribution in [0.1, 0.15) is 42.5 Å². The molecule has 0 saturated heterocycles. The Labute approximate surface area is 145 Å². The fourth-order valence-electron chi connectivity index (χ4n) is 3.37. The van der Waals surface area contributed by atoms with E-state index in [4.69, 9.17) is 9.15 Å². The van der Waals surface area contributed by atoms with E-state index in [2.05, 4.69) is 10.00 Å². The first-order chi connectivity index (χ1) is 12.1. The van der Waals surface area contributed by atoms with Crippen LogP contribution in [0.15, 0.2) is 27.6 Å². The van der Waals surface area contributed by atoms with E-state index in [1.54, 1.807) is 0 Å². The highest BCUT2D eigenvalue weighted by Gasteiger charge is 2.33. The minimum atomic E-state index is -0.438. The van der Waals surface area contributed by atoms with Crippen molar-refractivity contribution in [1.29, 1.82) is 0 Å². The molecule has 1 atom stereocenters. The molecule has 2 aliphatic rings. The standard InChI is InChI=1S/C18H23N3O4/c1-24-17-11-25-14(8-16(17)22)10-20-5-2-6-21-13(9-20)7-15(19-21)18(23)12-3-4-12/h7-8,11-12,18,23H,2-6,9-10H2,1H3/t18-/m1/s1. The molecule has 0 spiro atoms. The molecule has 1 saturated carbocycles. The summed E-state index contributed by atoms with van der Waals surface area (Å²) in [7, 11) is 1.45. The molecule has 0 bridgehead atoms. The highest BCUT2D eigenvalue weighted by molar-refractivity contribution is 5.18. The molecule has 1 aliphatic heterocycles. The van der Waals surface area contributed by atoms with Crippen molar-refractivity contribution in [3.05, 3.63) is 45.8 Å². The van der Waals surface area contributed by atoms with Crippen LogP contribution in [-0.4, -0.2) is 33.4 Å². The van der Waals surface area contributed by atoms with E-state index < -0.39 is 6.10 Å². The van der Waals surface area contributed by atoms with Gasteiger partial charge in [0.25, 0.3) is 0 Å². The van der Waals surface area contributed by atoms with Crippen LogP contribution in [0.3, 0.4) is 0 Å². The third kappa shape index (κ3) is 3.48. The zero-order valence-corrected chi connectivity index (χ0v) is 14.4. The second-order valence-electron chi connectivity index (χ2n) is 6.91. The Morgan fingerprint density at radius 3 is 2.96 bits per heavy atom. The fourth-order valence-corrected chi connectivity index (χ4v) is 3.37. The van der Waals surface area contributed by atoms with Crippen LogP contribution in [0.5, 0.6) is 5.75 Å². The summed E-state index contributed by atoms with van der Waals surface area (Å²) in [6.45, 7) is 3.03. The molecule has 0 amide bonds. The lowest BCUT2D eigenvalue weighted by atomic mass is 10.1. The van der Waals surface area contributed by atoms with E-state index in [0.29, 0.717) is 18.2 Å². The summed E-state index contributed by atoms with van der Waals surface area (Å²) >= 11 is 0. The first-order valence-electron chi connectivity index (χ1n) is 8.77. The lowest BCUT2D eigenvalue weighted by Crippen LogP contribution is -2.23. The average molecular weight is 345 g/mol. The van der Waals surface area contributed by atoms with Crippen molar-refractivity contribution in [2.75, 3.05) is 13.7 Å². The van der Waals surface area contributed by atoms with Crippen molar-refractivity contribution in [3.63, 3.8) is 0 Å². The highest BCUT2D eigenvalue weighted by atomic mass is 16.5. The van der Waals surface area contributed by atoms with Crippen molar-refractivity contribution in [1.82, 2.24) is 14.7 Å². The van der Waals surface area contributed by atoms with Gasteiger partial charge in [-0.3, -0.25) is 14.4 Å². The lowest BCUT2D eigenvalue weighted by molar-refractivity contribution is 0.148. The molecule has 1 fully saturated rings. The molecule has 0 unspecified atom stereocenters. The Morgan fingerprint density at radius 1 is 1.40 bits per heavy atom. The van der Waals surface area contributed by atoms with Crippen molar-refractivity contribution in [2.45, 2.75) is 45.0 Å². The molecule has 2 aromatic heterocycles. The van der Waals surface area contributed by atoms with Crippen molar-refractivity contribution < 1.29 is 14.3 Å². The summed E-state index contributed by atoms with van der Waals surface area (Å²) in [5, 5.41) is 14.9. The summed E-state index contributed by atoms with van der Waals surface area (Å²) in [5.74, 6) is 1.22. The van der Waals surface area contributed by atoms with E-state index in [0.717, 1.165) is 50.3 Å². The second-order valence-corrected chi connectivity index (χ2v) is 6.91. The van der Waals surface area contributed by atoms with Crippen LogP contribution in [-0.2, 0) is 19.6 Å². The van der Waals surface area contributed by atoms with Gasteiger partial charge in [0.1, 0.15) is 18.1 Å². The number of aryl methyl sites for hydroxylation is 1. The molecule has 2 aromatic rings. The number of nitrogens with zero attached hydrogens (tertiary/aromatic N) is 3. The summed E-state index contributed by atoms with van der Waals surface area (Å²) in [6.07, 6.45) is 4.07. The number of ether oxygens (including phenoxy) is 1. The molecular formula is C18H23N3O4. The van der Waals surface area contributed by atoms with E-state index in [-0.39, 0.29) is 11.2 Å². The SMILES string of the molecule is COc1coc(CN2CCCn3nc([C@H](O)C4CC4)cc3C2)cc1=O. The number of aromatic nitrogens is 2. The predicted molar refractivity (Wildman–Crippen MR) is 90.2 cm³/mol. The molecule has 134 valence electrons. The molecule has 3 heterocycles. The summed E-state index contributed by atoms with van der Waals surface area (Å²) in [4.78, 5) is 14.1. The van der Waals surface area contributed by atoms with Gasteiger partial charge in [-0.1, -0.05) is 0 Å². The Kier molecular flexibility index (Phi) is 4.35. The third-order valence-electron chi connectivity index (χ3n) is 4.94. The fraction of sp³-hybridized carbons (Fsp3) is 0.556. The third-order valence-corrected chi connectivity index (χ3v) is 4.94. The number of aliphatic hydroxyl groups excluding tert-OH is 1. The Bertz CT molecular complexity index is 809. The summed E-state index contributed by atoms with van der Waals surface area (Å²) < 4.78 is 12.5. The number of rotatable bonds is 5. The Hall–Kier alpha value is -2.12. The van der Waals surface area contributed by atoms with Crippen molar-refractivity contribution in [3.8, 4) is 5.75 Å². The van der Waals surface area contributed by atoms with Crippen LogP contribution in [0, 0.1) is 5.92 Å². The van der Waals surface area contributed by atoms with Crippen LogP contribution < -0.4 is 10.2 Å². The average Bonchev–Trinajstić information content (AvgIpc) is 3.39. The van der Waals surface area contributed by atoms with E-state index in [9.17, 15) is 9.90 Å². The number of methoxy groups -OCH3 is 1. The molecule has 25 heavy (non-hydrogen) atoms. The van der Waals surface area contributed by atoms with E-state index >= 15 is 0 Å². The van der Waals surface area contributed by atoms with Gasteiger partial charge in [0, 0.05) is 25.7 Å². The molecule has 7 nitrogen and oxygen atoms in total. The second kappa shape index (κ2) is 6.65. The summed E-state index contributed by atoms with van der Waals surface area (Å²) in [5.41, 5.74) is 1.72. The monoisotopic (exact) mass is 345 g/mol. The number of hydrogen-bond donors (Lipinski definition) is 1. The molecule has 1 aliphatic carbocycles. The maximum Gasteiger partial charge on any atom is 0.227 e. The van der Waals surface area contributed by atoms with Gasteiger partial charge in [-0.25, -0.2) is 0 Å². The highest BCUT2D eigenvalue weighted by Crippen LogP contribution is 2.40. The molecule has 1 N–H and O–H groups in total. The molecule has 4 rings (SSSR count). The molecular weight excluding hydrogens is 322 g/mol. The predicted octanol–water partition coefficient (Wildman–Crippen LogP) is 1.69. The molecule has 0 aromatic carbocycles. The number of aliphatic hydroxyl groups is 1. The summed E-state index contributed by atoms with van der Waals surface area (Å²) in [6, 6.07) is 3.51. The minimum absolute atomic E-state index is 0.168.